The molecule has 0 saturated heterocycles. The Kier molecular flexibility index (Phi) is 4.43. The molecule has 0 aliphatic rings. The normalized spacial score (nSPS) is 10.5. The maximum atomic E-state index is 13.1. The minimum atomic E-state index is -1.11. The number of anilines is 2. The van der Waals surface area contributed by atoms with Crippen LogP contribution in [0.1, 0.15) is 15.9 Å². The molecule has 0 unspecified atom stereocenters. The molecule has 1 aromatic heterocycles. The molecular formula is C19H16FN3O2. The van der Waals surface area contributed by atoms with Gasteiger partial charge in [-0.2, -0.15) is 0 Å². The number of aromatic carboxylic acids is 1. The van der Waals surface area contributed by atoms with Gasteiger partial charge in [-0.15, -0.1) is 0 Å². The number of hydrogen-bond donors (Lipinski definition) is 1. The molecular weight excluding hydrogens is 321 g/mol. The third-order valence-corrected chi connectivity index (χ3v) is 3.84. The van der Waals surface area contributed by atoms with E-state index in [4.69, 9.17) is 0 Å². The molecule has 126 valence electrons. The van der Waals surface area contributed by atoms with Crippen LogP contribution in [0, 0.1) is 12.7 Å². The maximum Gasteiger partial charge on any atom is 0.341 e. The maximum absolute atomic E-state index is 13.1. The molecule has 6 heteroatoms. The van der Waals surface area contributed by atoms with Crippen molar-refractivity contribution in [3.05, 3.63) is 71.7 Å². The predicted octanol–water partition coefficient (Wildman–Crippen LogP) is 4.06. The monoisotopic (exact) mass is 337 g/mol. The molecule has 0 atom stereocenters. The summed E-state index contributed by atoms with van der Waals surface area (Å²) in [6.45, 7) is 1.98. The molecule has 0 spiro atoms. The fourth-order valence-electron chi connectivity index (χ4n) is 2.41. The standard InChI is InChI=1S/C19H16FN3O2/c1-12-3-9-15(10-4-12)23(2)18-16(19(24)25)11-21-17(22-18)13-5-7-14(20)8-6-13/h3-11H,1-2H3,(H,24,25). The van der Waals surface area contributed by atoms with Gasteiger partial charge < -0.3 is 10.0 Å². The van der Waals surface area contributed by atoms with E-state index in [0.717, 1.165) is 11.3 Å². The molecule has 0 aliphatic heterocycles. The van der Waals surface area contributed by atoms with Gasteiger partial charge in [0.15, 0.2) is 11.6 Å². The lowest BCUT2D eigenvalue weighted by molar-refractivity contribution is 0.0697. The summed E-state index contributed by atoms with van der Waals surface area (Å²) in [5, 5.41) is 9.45. The number of aromatic nitrogens is 2. The van der Waals surface area contributed by atoms with E-state index in [-0.39, 0.29) is 17.2 Å². The molecule has 0 bridgehead atoms. The number of hydrogen-bond acceptors (Lipinski definition) is 4. The first-order valence-electron chi connectivity index (χ1n) is 7.62. The Morgan fingerprint density at radius 3 is 2.32 bits per heavy atom. The molecule has 3 rings (SSSR count). The third kappa shape index (κ3) is 3.47. The van der Waals surface area contributed by atoms with Crippen LogP contribution in [0.3, 0.4) is 0 Å². The number of halogens is 1. The summed E-state index contributed by atoms with van der Waals surface area (Å²) >= 11 is 0. The lowest BCUT2D eigenvalue weighted by Crippen LogP contribution is -2.17. The van der Waals surface area contributed by atoms with Crippen LogP contribution in [0.15, 0.2) is 54.7 Å². The second kappa shape index (κ2) is 6.68. The zero-order valence-corrected chi connectivity index (χ0v) is 13.8. The smallest absolute Gasteiger partial charge is 0.341 e. The Labute approximate surface area is 144 Å². The summed E-state index contributed by atoms with van der Waals surface area (Å²) in [7, 11) is 1.74. The van der Waals surface area contributed by atoms with Crippen LogP contribution in [-0.4, -0.2) is 28.1 Å². The predicted molar refractivity (Wildman–Crippen MR) is 93.6 cm³/mol. The third-order valence-electron chi connectivity index (χ3n) is 3.84. The lowest BCUT2D eigenvalue weighted by Gasteiger charge is -2.20. The van der Waals surface area contributed by atoms with E-state index in [0.29, 0.717) is 11.4 Å². The van der Waals surface area contributed by atoms with Gasteiger partial charge in [0.1, 0.15) is 11.4 Å². The summed E-state index contributed by atoms with van der Waals surface area (Å²) in [6, 6.07) is 13.4. The van der Waals surface area contributed by atoms with Gasteiger partial charge in [-0.25, -0.2) is 19.2 Å². The van der Waals surface area contributed by atoms with E-state index in [1.807, 2.05) is 31.2 Å². The minimum Gasteiger partial charge on any atom is -0.477 e. The number of benzene rings is 2. The molecule has 0 fully saturated rings. The van der Waals surface area contributed by atoms with E-state index in [2.05, 4.69) is 9.97 Å². The highest BCUT2D eigenvalue weighted by atomic mass is 19.1. The van der Waals surface area contributed by atoms with Gasteiger partial charge in [-0.05, 0) is 43.3 Å². The molecule has 0 saturated carbocycles. The van der Waals surface area contributed by atoms with Crippen LogP contribution >= 0.6 is 0 Å². The number of nitrogens with zero attached hydrogens (tertiary/aromatic N) is 3. The fourth-order valence-corrected chi connectivity index (χ4v) is 2.41. The first-order chi connectivity index (χ1) is 12.0. The van der Waals surface area contributed by atoms with Crippen molar-refractivity contribution in [1.29, 1.82) is 0 Å². The minimum absolute atomic E-state index is 0.00561. The summed E-state index contributed by atoms with van der Waals surface area (Å²) in [4.78, 5) is 21.8. The van der Waals surface area contributed by atoms with Crippen molar-refractivity contribution in [2.24, 2.45) is 0 Å². The SMILES string of the molecule is Cc1ccc(N(C)c2nc(-c3ccc(F)cc3)ncc2C(=O)O)cc1. The van der Waals surface area contributed by atoms with E-state index >= 15 is 0 Å². The molecule has 2 aromatic carbocycles. The van der Waals surface area contributed by atoms with Gasteiger partial charge >= 0.3 is 5.97 Å². The van der Waals surface area contributed by atoms with E-state index in [1.165, 1.54) is 18.3 Å². The molecule has 1 N–H and O–H groups in total. The average Bonchev–Trinajstić information content (AvgIpc) is 2.62. The number of rotatable bonds is 4. The lowest BCUT2D eigenvalue weighted by atomic mass is 10.2. The second-order valence-electron chi connectivity index (χ2n) is 5.64. The first kappa shape index (κ1) is 16.6. The Morgan fingerprint density at radius 2 is 1.72 bits per heavy atom. The van der Waals surface area contributed by atoms with Crippen LogP contribution in [-0.2, 0) is 0 Å². The first-order valence-corrected chi connectivity index (χ1v) is 7.62. The molecule has 0 amide bonds. The highest BCUT2D eigenvalue weighted by Gasteiger charge is 2.19. The van der Waals surface area contributed by atoms with Crippen molar-refractivity contribution in [1.82, 2.24) is 9.97 Å². The van der Waals surface area contributed by atoms with Crippen molar-refractivity contribution in [3.63, 3.8) is 0 Å². The Morgan fingerprint density at radius 1 is 1.08 bits per heavy atom. The molecule has 0 aliphatic carbocycles. The van der Waals surface area contributed by atoms with Crippen LogP contribution < -0.4 is 4.90 Å². The molecule has 0 radical (unpaired) electrons. The van der Waals surface area contributed by atoms with Crippen molar-refractivity contribution >= 4 is 17.5 Å². The molecule has 1 heterocycles. The fraction of sp³-hybridized carbons (Fsp3) is 0.105. The van der Waals surface area contributed by atoms with Gasteiger partial charge in [-0.1, -0.05) is 17.7 Å². The summed E-state index contributed by atoms with van der Waals surface area (Å²) in [6.07, 6.45) is 1.27. The number of carboxylic acid groups (broad SMARTS) is 1. The molecule has 3 aromatic rings. The number of aryl methyl sites for hydroxylation is 1. The number of carbonyl (C=O) groups is 1. The van der Waals surface area contributed by atoms with Crippen LogP contribution in [0.5, 0.6) is 0 Å². The summed E-state index contributed by atoms with van der Waals surface area (Å²) in [5.74, 6) is -0.868. The molecule has 25 heavy (non-hydrogen) atoms. The second-order valence-corrected chi connectivity index (χ2v) is 5.64. The van der Waals surface area contributed by atoms with E-state index in [1.54, 1.807) is 24.1 Å². The van der Waals surface area contributed by atoms with Gasteiger partial charge in [0.05, 0.1) is 0 Å². The largest absolute Gasteiger partial charge is 0.477 e. The van der Waals surface area contributed by atoms with Gasteiger partial charge in [0.2, 0.25) is 0 Å². The Hall–Kier alpha value is -3.28. The topological polar surface area (TPSA) is 66.3 Å². The molecule has 5 nitrogen and oxygen atoms in total. The summed E-state index contributed by atoms with van der Waals surface area (Å²) < 4.78 is 13.1. The Balaban J connectivity index is 2.08. The van der Waals surface area contributed by atoms with Crippen LogP contribution in [0.25, 0.3) is 11.4 Å². The van der Waals surface area contributed by atoms with Crippen molar-refractivity contribution in [2.75, 3.05) is 11.9 Å². The highest BCUT2D eigenvalue weighted by molar-refractivity contribution is 5.94. The van der Waals surface area contributed by atoms with E-state index in [9.17, 15) is 14.3 Å². The summed E-state index contributed by atoms with van der Waals surface area (Å²) in [5.41, 5.74) is 2.51. The Bertz CT molecular complexity index is 909. The van der Waals surface area contributed by atoms with Crippen molar-refractivity contribution in [3.8, 4) is 11.4 Å². The van der Waals surface area contributed by atoms with Gasteiger partial charge in [-0.3, -0.25) is 0 Å². The van der Waals surface area contributed by atoms with Gasteiger partial charge in [0.25, 0.3) is 0 Å². The van der Waals surface area contributed by atoms with Crippen LogP contribution in [0.2, 0.25) is 0 Å². The van der Waals surface area contributed by atoms with Crippen molar-refractivity contribution < 1.29 is 14.3 Å². The number of carboxylic acids is 1. The van der Waals surface area contributed by atoms with E-state index < -0.39 is 5.97 Å². The zero-order chi connectivity index (χ0) is 18.0. The quantitative estimate of drug-likeness (QED) is 0.778. The average molecular weight is 337 g/mol. The zero-order valence-electron chi connectivity index (χ0n) is 13.8. The van der Waals surface area contributed by atoms with Gasteiger partial charge in [0, 0.05) is 24.5 Å². The van der Waals surface area contributed by atoms with Crippen molar-refractivity contribution in [2.45, 2.75) is 6.92 Å². The highest BCUT2D eigenvalue weighted by Crippen LogP contribution is 2.27. The van der Waals surface area contributed by atoms with Crippen LogP contribution in [0.4, 0.5) is 15.9 Å².